The Morgan fingerprint density at radius 3 is 2.57 bits per heavy atom. The third-order valence-electron chi connectivity index (χ3n) is 5.87. The molecule has 0 saturated heterocycles. The number of carbonyl (C=O) groups excluding carboxylic acids is 2. The Labute approximate surface area is 200 Å². The van der Waals surface area contributed by atoms with Crippen molar-refractivity contribution < 1.29 is 18.7 Å². The number of halogens is 1. The summed E-state index contributed by atoms with van der Waals surface area (Å²) in [5, 5.41) is 4.13. The Morgan fingerprint density at radius 1 is 1.11 bits per heavy atom. The number of aryl methyl sites for hydroxylation is 1. The van der Waals surface area contributed by atoms with Crippen molar-refractivity contribution in [2.45, 2.75) is 12.8 Å². The van der Waals surface area contributed by atoms with Crippen LogP contribution in [0.25, 0.3) is 11.3 Å². The molecule has 1 aliphatic carbocycles. The average Bonchev–Trinajstić information content (AvgIpc) is 3.57. The van der Waals surface area contributed by atoms with Crippen LogP contribution in [0.2, 0.25) is 0 Å². The van der Waals surface area contributed by atoms with Gasteiger partial charge in [-0.15, -0.1) is 0 Å². The lowest BCUT2D eigenvalue weighted by Gasteiger charge is -2.26. The van der Waals surface area contributed by atoms with Crippen molar-refractivity contribution in [1.29, 1.82) is 0 Å². The van der Waals surface area contributed by atoms with Gasteiger partial charge in [-0.25, -0.2) is 4.39 Å². The first-order chi connectivity index (χ1) is 16.9. The fraction of sp³-hybridized carbons (Fsp3) is 0.160. The van der Waals surface area contributed by atoms with Crippen LogP contribution in [0, 0.1) is 11.2 Å². The lowest BCUT2D eigenvalue weighted by atomic mass is 10.0. The van der Waals surface area contributed by atoms with E-state index < -0.39 is 23.0 Å². The van der Waals surface area contributed by atoms with E-state index in [-0.39, 0.29) is 11.4 Å². The molecule has 0 unspecified atom stereocenters. The maximum absolute atomic E-state index is 15.2. The van der Waals surface area contributed by atoms with Gasteiger partial charge in [-0.05, 0) is 43.2 Å². The minimum Gasteiger partial charge on any atom is -0.454 e. The van der Waals surface area contributed by atoms with Crippen molar-refractivity contribution in [3.63, 3.8) is 0 Å². The number of ether oxygens (including phenoxy) is 1. The molecule has 1 aromatic carbocycles. The van der Waals surface area contributed by atoms with Crippen LogP contribution in [-0.4, -0.2) is 31.6 Å². The van der Waals surface area contributed by atoms with E-state index in [1.807, 2.05) is 6.20 Å². The number of pyridine rings is 2. The van der Waals surface area contributed by atoms with Crippen molar-refractivity contribution in [2.24, 2.45) is 18.2 Å². The highest BCUT2D eigenvalue weighted by Gasteiger charge is 2.57. The summed E-state index contributed by atoms with van der Waals surface area (Å²) in [7, 11) is 1.80. The van der Waals surface area contributed by atoms with Gasteiger partial charge in [0.1, 0.15) is 11.2 Å². The molecule has 0 atom stereocenters. The molecule has 1 fully saturated rings. The minimum atomic E-state index is -1.29. The van der Waals surface area contributed by atoms with E-state index in [1.165, 1.54) is 23.2 Å². The summed E-state index contributed by atoms with van der Waals surface area (Å²) in [6.07, 6.45) is 8.76. The molecule has 0 bridgehead atoms. The van der Waals surface area contributed by atoms with Crippen LogP contribution >= 0.6 is 0 Å². The number of hydrogen-bond donors (Lipinski definition) is 1. The first kappa shape index (κ1) is 22.2. The highest BCUT2D eigenvalue weighted by atomic mass is 19.1. The number of anilines is 2. The molecule has 1 saturated carbocycles. The topological polar surface area (TPSA) is 116 Å². The number of aromatic nitrogens is 4. The number of amides is 2. The molecule has 4 aromatic rings. The predicted octanol–water partition coefficient (Wildman–Crippen LogP) is 3.74. The van der Waals surface area contributed by atoms with E-state index >= 15 is 4.39 Å². The number of primary amides is 1. The van der Waals surface area contributed by atoms with E-state index in [1.54, 1.807) is 60.7 Å². The average molecular weight is 472 g/mol. The Kier molecular flexibility index (Phi) is 5.48. The van der Waals surface area contributed by atoms with Gasteiger partial charge in [0.2, 0.25) is 11.8 Å². The maximum Gasteiger partial charge on any atom is 0.247 e. The quantitative estimate of drug-likeness (QED) is 0.410. The molecule has 0 spiro atoms. The van der Waals surface area contributed by atoms with Crippen LogP contribution in [0.1, 0.15) is 12.8 Å². The van der Waals surface area contributed by atoms with Gasteiger partial charge in [0, 0.05) is 43.3 Å². The summed E-state index contributed by atoms with van der Waals surface area (Å²) in [5.41, 5.74) is 6.27. The zero-order valence-electron chi connectivity index (χ0n) is 18.8. The molecule has 176 valence electrons. The van der Waals surface area contributed by atoms with Gasteiger partial charge in [-0.2, -0.15) is 5.10 Å². The first-order valence-electron chi connectivity index (χ1n) is 10.8. The third-order valence-corrected chi connectivity index (χ3v) is 5.87. The Balaban J connectivity index is 1.45. The molecule has 5 rings (SSSR count). The van der Waals surface area contributed by atoms with Gasteiger partial charge in [-0.3, -0.25) is 29.1 Å². The molecule has 35 heavy (non-hydrogen) atoms. The van der Waals surface area contributed by atoms with Crippen LogP contribution in [-0.2, 0) is 16.6 Å². The molecule has 3 heterocycles. The Bertz CT molecular complexity index is 1420. The zero-order chi connectivity index (χ0) is 24.6. The van der Waals surface area contributed by atoms with Gasteiger partial charge in [0.15, 0.2) is 11.6 Å². The Morgan fingerprint density at radius 2 is 1.94 bits per heavy atom. The van der Waals surface area contributed by atoms with Crippen molar-refractivity contribution in [3.05, 3.63) is 79.3 Å². The minimum absolute atomic E-state index is 0.0355. The number of benzene rings is 1. The van der Waals surface area contributed by atoms with Crippen molar-refractivity contribution in [2.75, 3.05) is 4.90 Å². The number of nitrogens with two attached hydrogens (primary N) is 1. The first-order valence-corrected chi connectivity index (χ1v) is 10.8. The van der Waals surface area contributed by atoms with E-state index in [0.29, 0.717) is 30.0 Å². The second kappa shape index (κ2) is 8.64. The molecule has 2 N–H and O–H groups in total. The second-order valence-electron chi connectivity index (χ2n) is 8.29. The zero-order valence-corrected chi connectivity index (χ0v) is 18.8. The summed E-state index contributed by atoms with van der Waals surface area (Å²) in [5.74, 6) is -1.55. The second-order valence-corrected chi connectivity index (χ2v) is 8.29. The normalized spacial score (nSPS) is 13.8. The van der Waals surface area contributed by atoms with Gasteiger partial charge in [0.25, 0.3) is 0 Å². The van der Waals surface area contributed by atoms with Gasteiger partial charge >= 0.3 is 0 Å². The number of rotatable bonds is 7. The standard InChI is InChI=1S/C25H21FN6O3/c1-31-15-16(13-30-31)21-12-19(6-10-29-21)35-22-5-4-17(11-20(22)26)32(18-3-2-9-28-14-18)24(34)25(7-8-25)23(27)33/h2-6,9-15H,7-8H2,1H3,(H2,27,33). The highest BCUT2D eigenvalue weighted by molar-refractivity contribution is 6.16. The fourth-order valence-corrected chi connectivity index (χ4v) is 3.80. The fourth-order valence-electron chi connectivity index (χ4n) is 3.80. The molecule has 2 amide bonds. The summed E-state index contributed by atoms with van der Waals surface area (Å²) in [6.45, 7) is 0. The van der Waals surface area contributed by atoms with Gasteiger partial charge in [-0.1, -0.05) is 0 Å². The van der Waals surface area contributed by atoms with Gasteiger partial charge in [0.05, 0.1) is 29.5 Å². The van der Waals surface area contributed by atoms with Crippen LogP contribution in [0.5, 0.6) is 11.5 Å². The number of hydrogen-bond acceptors (Lipinski definition) is 6. The van der Waals surface area contributed by atoms with Crippen molar-refractivity contribution in [1.82, 2.24) is 19.7 Å². The summed E-state index contributed by atoms with van der Waals surface area (Å²) in [4.78, 5) is 35.0. The molecule has 10 heteroatoms. The van der Waals surface area contributed by atoms with E-state index in [4.69, 9.17) is 10.5 Å². The largest absolute Gasteiger partial charge is 0.454 e. The Hall–Kier alpha value is -4.60. The molecular weight excluding hydrogens is 451 g/mol. The molecule has 0 radical (unpaired) electrons. The molecule has 9 nitrogen and oxygen atoms in total. The molecule has 1 aliphatic rings. The predicted molar refractivity (Wildman–Crippen MR) is 125 cm³/mol. The van der Waals surface area contributed by atoms with Crippen molar-refractivity contribution in [3.8, 4) is 22.8 Å². The summed E-state index contributed by atoms with van der Waals surface area (Å²) in [6, 6.07) is 10.7. The smallest absolute Gasteiger partial charge is 0.247 e. The number of carbonyl (C=O) groups is 2. The lowest BCUT2D eigenvalue weighted by Crippen LogP contribution is -2.41. The molecule has 0 aliphatic heterocycles. The van der Waals surface area contributed by atoms with E-state index in [0.717, 1.165) is 5.56 Å². The van der Waals surface area contributed by atoms with Crippen molar-refractivity contribution >= 4 is 23.2 Å². The summed E-state index contributed by atoms with van der Waals surface area (Å²) >= 11 is 0. The number of nitrogens with zero attached hydrogens (tertiary/aromatic N) is 5. The van der Waals surface area contributed by atoms with Crippen LogP contribution < -0.4 is 15.4 Å². The maximum atomic E-state index is 15.2. The third kappa shape index (κ3) is 4.21. The van der Waals surface area contributed by atoms with Crippen LogP contribution in [0.4, 0.5) is 15.8 Å². The SMILES string of the molecule is Cn1cc(-c2cc(Oc3ccc(N(C(=O)C4(C(N)=O)CC4)c4cccnc4)cc3F)ccn2)cn1. The summed E-state index contributed by atoms with van der Waals surface area (Å²) < 4.78 is 22.6. The van der Waals surface area contributed by atoms with Gasteiger partial charge < -0.3 is 10.5 Å². The van der Waals surface area contributed by atoms with Crippen LogP contribution in [0.3, 0.4) is 0 Å². The molecule has 3 aromatic heterocycles. The van der Waals surface area contributed by atoms with E-state index in [9.17, 15) is 9.59 Å². The monoisotopic (exact) mass is 472 g/mol. The highest BCUT2D eigenvalue weighted by Crippen LogP contribution is 2.49. The van der Waals surface area contributed by atoms with Crippen LogP contribution in [0.15, 0.2) is 73.4 Å². The lowest BCUT2D eigenvalue weighted by molar-refractivity contribution is -0.133. The van der Waals surface area contributed by atoms with E-state index in [2.05, 4.69) is 15.1 Å². The molecular formula is C25H21FN6O3.